The van der Waals surface area contributed by atoms with E-state index in [1.807, 2.05) is 18.2 Å². The summed E-state index contributed by atoms with van der Waals surface area (Å²) in [5.41, 5.74) is 0.722. The molecular weight excluding hydrogens is 276 g/mol. The van der Waals surface area contributed by atoms with Crippen LogP contribution in [0.4, 0.5) is 8.78 Å². The van der Waals surface area contributed by atoms with Gasteiger partial charge in [-0.25, -0.2) is 8.78 Å². The normalized spacial score (nSPS) is 11.8. The maximum Gasteiger partial charge on any atom is 0.251 e. The number of rotatable bonds is 4. The van der Waals surface area contributed by atoms with E-state index in [-0.39, 0.29) is 11.6 Å². The average Bonchev–Trinajstić information content (AvgIpc) is 2.46. The van der Waals surface area contributed by atoms with Gasteiger partial charge < -0.3 is 10.1 Å². The summed E-state index contributed by atoms with van der Waals surface area (Å²) >= 11 is 0. The van der Waals surface area contributed by atoms with E-state index in [9.17, 15) is 13.6 Å². The lowest BCUT2D eigenvalue weighted by Gasteiger charge is -2.17. The molecule has 21 heavy (non-hydrogen) atoms. The third-order valence-corrected chi connectivity index (χ3v) is 3.08. The number of methoxy groups -OCH3 is 1. The predicted octanol–water partition coefficient (Wildman–Crippen LogP) is 3.46. The molecule has 0 aromatic heterocycles. The van der Waals surface area contributed by atoms with Gasteiger partial charge in [0.25, 0.3) is 5.91 Å². The number of ether oxygens (including phenoxy) is 1. The molecule has 2 rings (SSSR count). The molecule has 0 spiro atoms. The zero-order chi connectivity index (χ0) is 15.4. The van der Waals surface area contributed by atoms with Crippen molar-refractivity contribution in [1.29, 1.82) is 0 Å². The minimum atomic E-state index is -0.787. The Balaban J connectivity index is 2.18. The van der Waals surface area contributed by atoms with Crippen LogP contribution in [-0.4, -0.2) is 13.0 Å². The third kappa shape index (κ3) is 3.56. The SMILES string of the molecule is COc1ccccc1C(C)NC(=O)c1cc(F)cc(F)c1. The Labute approximate surface area is 121 Å². The second kappa shape index (κ2) is 6.35. The number of carbonyl (C=O) groups excluding carboxylic acids is 1. The van der Waals surface area contributed by atoms with Gasteiger partial charge in [0.15, 0.2) is 0 Å². The van der Waals surface area contributed by atoms with Crippen molar-refractivity contribution >= 4 is 5.91 Å². The monoisotopic (exact) mass is 291 g/mol. The minimum absolute atomic E-state index is 0.0609. The smallest absolute Gasteiger partial charge is 0.251 e. The van der Waals surface area contributed by atoms with Crippen molar-refractivity contribution in [1.82, 2.24) is 5.32 Å². The molecule has 1 atom stereocenters. The van der Waals surface area contributed by atoms with Crippen LogP contribution < -0.4 is 10.1 Å². The van der Waals surface area contributed by atoms with Gasteiger partial charge in [-0.1, -0.05) is 18.2 Å². The van der Waals surface area contributed by atoms with Gasteiger partial charge in [0.1, 0.15) is 17.4 Å². The van der Waals surface area contributed by atoms with Gasteiger partial charge in [-0.05, 0) is 25.1 Å². The number of halogens is 2. The molecule has 1 unspecified atom stereocenters. The standard InChI is InChI=1S/C16H15F2NO2/c1-10(14-5-3-4-6-15(14)21-2)19-16(20)11-7-12(17)9-13(18)8-11/h3-10H,1-2H3,(H,19,20). The highest BCUT2D eigenvalue weighted by Crippen LogP contribution is 2.24. The van der Waals surface area contributed by atoms with Gasteiger partial charge in [0.2, 0.25) is 0 Å². The van der Waals surface area contributed by atoms with Crippen LogP contribution in [0.1, 0.15) is 28.9 Å². The maximum absolute atomic E-state index is 13.1. The van der Waals surface area contributed by atoms with Crippen LogP contribution in [0.5, 0.6) is 5.75 Å². The van der Waals surface area contributed by atoms with Crippen molar-refractivity contribution in [3.05, 3.63) is 65.2 Å². The molecule has 1 amide bonds. The van der Waals surface area contributed by atoms with Gasteiger partial charge in [-0.15, -0.1) is 0 Å². The lowest BCUT2D eigenvalue weighted by molar-refractivity contribution is 0.0938. The molecule has 110 valence electrons. The highest BCUT2D eigenvalue weighted by molar-refractivity contribution is 5.94. The first-order valence-electron chi connectivity index (χ1n) is 6.41. The molecule has 0 aliphatic carbocycles. The first-order chi connectivity index (χ1) is 10.0. The molecule has 3 nitrogen and oxygen atoms in total. The van der Waals surface area contributed by atoms with Crippen molar-refractivity contribution in [2.75, 3.05) is 7.11 Å². The summed E-state index contributed by atoms with van der Waals surface area (Å²) in [5, 5.41) is 2.69. The Hall–Kier alpha value is -2.43. The zero-order valence-electron chi connectivity index (χ0n) is 11.7. The van der Waals surface area contributed by atoms with Gasteiger partial charge in [-0.2, -0.15) is 0 Å². The quantitative estimate of drug-likeness (QED) is 0.936. The summed E-state index contributed by atoms with van der Waals surface area (Å²) in [4.78, 5) is 12.0. The highest BCUT2D eigenvalue weighted by Gasteiger charge is 2.15. The second-order valence-electron chi connectivity index (χ2n) is 4.60. The van der Waals surface area contributed by atoms with E-state index in [4.69, 9.17) is 4.74 Å². The molecule has 5 heteroatoms. The summed E-state index contributed by atoms with van der Waals surface area (Å²) in [7, 11) is 1.54. The van der Waals surface area contributed by atoms with Gasteiger partial charge in [0, 0.05) is 17.2 Å². The van der Waals surface area contributed by atoms with Gasteiger partial charge >= 0.3 is 0 Å². The minimum Gasteiger partial charge on any atom is -0.496 e. The molecule has 0 saturated carbocycles. The van der Waals surface area contributed by atoms with Crippen molar-refractivity contribution in [2.24, 2.45) is 0 Å². The van der Waals surface area contributed by atoms with Crippen LogP contribution in [0.15, 0.2) is 42.5 Å². The van der Waals surface area contributed by atoms with Crippen molar-refractivity contribution in [3.63, 3.8) is 0 Å². The fourth-order valence-electron chi connectivity index (χ4n) is 2.07. The summed E-state index contributed by atoms with van der Waals surface area (Å²) in [6.07, 6.45) is 0. The van der Waals surface area contributed by atoms with Crippen molar-refractivity contribution in [3.8, 4) is 5.75 Å². The molecule has 1 N–H and O–H groups in total. The molecular formula is C16H15F2NO2. The van der Waals surface area contributed by atoms with Gasteiger partial charge in [-0.3, -0.25) is 4.79 Å². The predicted molar refractivity (Wildman–Crippen MR) is 75.2 cm³/mol. The molecule has 0 aliphatic heterocycles. The lowest BCUT2D eigenvalue weighted by atomic mass is 10.1. The van der Waals surface area contributed by atoms with E-state index >= 15 is 0 Å². The van der Waals surface area contributed by atoms with Crippen LogP contribution in [0.3, 0.4) is 0 Å². The van der Waals surface area contributed by atoms with Crippen molar-refractivity contribution in [2.45, 2.75) is 13.0 Å². The fourth-order valence-corrected chi connectivity index (χ4v) is 2.07. The fraction of sp³-hybridized carbons (Fsp3) is 0.188. The summed E-state index contributed by atoms with van der Waals surface area (Å²) in [6, 6.07) is 9.58. The number of carbonyl (C=O) groups is 1. The van der Waals surface area contributed by atoms with Crippen LogP contribution in [0.2, 0.25) is 0 Å². The third-order valence-electron chi connectivity index (χ3n) is 3.08. The molecule has 2 aromatic carbocycles. The number of amides is 1. The molecule has 0 saturated heterocycles. The average molecular weight is 291 g/mol. The van der Waals surface area contributed by atoms with E-state index in [1.165, 1.54) is 7.11 Å². The molecule has 0 bridgehead atoms. The highest BCUT2D eigenvalue weighted by atomic mass is 19.1. The van der Waals surface area contributed by atoms with Gasteiger partial charge in [0.05, 0.1) is 13.2 Å². The topological polar surface area (TPSA) is 38.3 Å². The lowest BCUT2D eigenvalue weighted by Crippen LogP contribution is -2.27. The number of hydrogen-bond acceptors (Lipinski definition) is 2. The number of benzene rings is 2. The first kappa shape index (κ1) is 15.0. The van der Waals surface area contributed by atoms with E-state index in [0.29, 0.717) is 5.75 Å². The Morgan fingerprint density at radius 3 is 2.38 bits per heavy atom. The number of para-hydroxylation sites is 1. The van der Waals surface area contributed by atoms with Crippen LogP contribution in [-0.2, 0) is 0 Å². The number of hydrogen-bond donors (Lipinski definition) is 1. The summed E-state index contributed by atoms with van der Waals surface area (Å²) in [6.45, 7) is 1.77. The molecule has 0 fully saturated rings. The molecule has 0 radical (unpaired) electrons. The van der Waals surface area contributed by atoms with E-state index in [0.717, 1.165) is 23.8 Å². The Kier molecular flexibility index (Phi) is 4.52. The Morgan fingerprint density at radius 1 is 1.14 bits per heavy atom. The number of nitrogens with one attached hydrogen (secondary N) is 1. The Bertz CT molecular complexity index is 638. The van der Waals surface area contributed by atoms with Crippen molar-refractivity contribution < 1.29 is 18.3 Å². The van der Waals surface area contributed by atoms with E-state index in [1.54, 1.807) is 13.0 Å². The van der Waals surface area contributed by atoms with Crippen LogP contribution in [0.25, 0.3) is 0 Å². The Morgan fingerprint density at radius 2 is 1.76 bits per heavy atom. The first-order valence-corrected chi connectivity index (χ1v) is 6.41. The van der Waals surface area contributed by atoms with Crippen LogP contribution >= 0.6 is 0 Å². The summed E-state index contributed by atoms with van der Waals surface area (Å²) < 4.78 is 31.5. The largest absolute Gasteiger partial charge is 0.496 e. The van der Waals surface area contributed by atoms with E-state index in [2.05, 4.69) is 5.32 Å². The molecule has 0 aliphatic rings. The summed E-state index contributed by atoms with van der Waals surface area (Å²) in [5.74, 6) is -1.49. The van der Waals surface area contributed by atoms with Crippen LogP contribution in [0, 0.1) is 11.6 Å². The molecule has 0 heterocycles. The second-order valence-corrected chi connectivity index (χ2v) is 4.60. The zero-order valence-corrected chi connectivity index (χ0v) is 11.7. The van der Waals surface area contributed by atoms with E-state index < -0.39 is 17.5 Å². The molecule has 2 aromatic rings. The maximum atomic E-state index is 13.1.